The summed E-state index contributed by atoms with van der Waals surface area (Å²) in [5, 5.41) is 3.83. The number of likely N-dealkylation sites (tertiary alicyclic amines) is 1. The standard InChI is InChI=1S/C21H28F2N2O4/c1-20(2)8-15-9-21(3,12-20)13-25(15)18(26)11-28-24-10-14-5-6-16(29-19(22)23)17(7-14)27-4/h5-7,10,15,19H,8-9,11-13H2,1-4H3/b24-10-/t15-,21-/m0/s1. The van der Waals surface area contributed by atoms with E-state index in [1.54, 1.807) is 6.07 Å². The van der Waals surface area contributed by atoms with Crippen LogP contribution in [-0.2, 0) is 9.63 Å². The Bertz CT molecular complexity index is 784. The fourth-order valence-corrected chi connectivity index (χ4v) is 4.98. The monoisotopic (exact) mass is 410 g/mol. The lowest BCUT2D eigenvalue weighted by atomic mass is 9.65. The molecular formula is C21H28F2N2O4. The van der Waals surface area contributed by atoms with Gasteiger partial charge in [0.05, 0.1) is 13.3 Å². The van der Waals surface area contributed by atoms with Crippen LogP contribution in [0.25, 0.3) is 0 Å². The second kappa shape index (κ2) is 8.16. The molecule has 0 aromatic heterocycles. The second-order valence-corrected chi connectivity index (χ2v) is 9.03. The first-order chi connectivity index (χ1) is 13.6. The van der Waals surface area contributed by atoms with Crippen molar-refractivity contribution in [1.82, 2.24) is 4.90 Å². The number of carbonyl (C=O) groups excluding carboxylic acids is 1. The highest BCUT2D eigenvalue weighted by Crippen LogP contribution is 2.52. The summed E-state index contributed by atoms with van der Waals surface area (Å²) in [6, 6.07) is 4.67. The minimum absolute atomic E-state index is 0.0627. The predicted octanol–water partition coefficient (Wildman–Crippen LogP) is 4.07. The van der Waals surface area contributed by atoms with E-state index in [1.807, 2.05) is 4.90 Å². The van der Waals surface area contributed by atoms with E-state index in [2.05, 4.69) is 30.7 Å². The number of rotatable bonds is 7. The van der Waals surface area contributed by atoms with Crippen LogP contribution in [0.1, 0.15) is 45.6 Å². The van der Waals surface area contributed by atoms with Crippen molar-refractivity contribution in [3.05, 3.63) is 23.8 Å². The first-order valence-electron chi connectivity index (χ1n) is 9.68. The molecule has 1 aromatic carbocycles. The lowest BCUT2D eigenvalue weighted by Gasteiger charge is -2.39. The lowest BCUT2D eigenvalue weighted by molar-refractivity contribution is -0.137. The highest BCUT2D eigenvalue weighted by molar-refractivity contribution is 5.81. The van der Waals surface area contributed by atoms with E-state index in [0.29, 0.717) is 5.56 Å². The van der Waals surface area contributed by atoms with Gasteiger partial charge in [-0.15, -0.1) is 0 Å². The normalized spacial score (nSPS) is 25.5. The van der Waals surface area contributed by atoms with Crippen molar-refractivity contribution in [1.29, 1.82) is 0 Å². The molecule has 8 heteroatoms. The van der Waals surface area contributed by atoms with Crippen LogP contribution in [-0.4, -0.2) is 49.9 Å². The molecule has 160 valence electrons. The number of hydrogen-bond donors (Lipinski definition) is 0. The third kappa shape index (κ3) is 5.16. The van der Waals surface area contributed by atoms with Crippen molar-refractivity contribution in [2.24, 2.45) is 16.0 Å². The van der Waals surface area contributed by atoms with Gasteiger partial charge in [0.15, 0.2) is 18.1 Å². The number of methoxy groups -OCH3 is 1. The largest absolute Gasteiger partial charge is 0.493 e. The zero-order valence-electron chi connectivity index (χ0n) is 17.3. The molecular weight excluding hydrogens is 382 g/mol. The number of alkyl halides is 2. The summed E-state index contributed by atoms with van der Waals surface area (Å²) in [5.41, 5.74) is 0.983. The maximum absolute atomic E-state index is 12.6. The van der Waals surface area contributed by atoms with Gasteiger partial charge in [-0.1, -0.05) is 25.9 Å². The Kier molecular flexibility index (Phi) is 6.00. The third-order valence-electron chi connectivity index (χ3n) is 5.60. The zero-order valence-corrected chi connectivity index (χ0v) is 17.3. The highest BCUT2D eigenvalue weighted by Gasteiger charge is 2.50. The number of ether oxygens (including phenoxy) is 2. The SMILES string of the molecule is COc1cc(/C=N\OCC(=O)N2C[C@@]3(C)C[C@@H]2CC(C)(C)C3)ccc1OC(F)F. The van der Waals surface area contributed by atoms with E-state index in [1.165, 1.54) is 25.5 Å². The molecule has 0 unspecified atom stereocenters. The maximum atomic E-state index is 12.6. The van der Waals surface area contributed by atoms with Crippen LogP contribution in [0.2, 0.25) is 0 Å². The van der Waals surface area contributed by atoms with Gasteiger partial charge in [-0.3, -0.25) is 4.79 Å². The third-order valence-corrected chi connectivity index (χ3v) is 5.60. The summed E-state index contributed by atoms with van der Waals surface area (Å²) in [7, 11) is 1.36. The van der Waals surface area contributed by atoms with Crippen molar-refractivity contribution in [3.63, 3.8) is 0 Å². The number of halogens is 2. The molecule has 1 heterocycles. The van der Waals surface area contributed by atoms with E-state index >= 15 is 0 Å². The molecule has 1 aromatic rings. The summed E-state index contributed by atoms with van der Waals surface area (Å²) < 4.78 is 34.2. The number of oxime groups is 1. The second-order valence-electron chi connectivity index (χ2n) is 9.03. The van der Waals surface area contributed by atoms with Crippen molar-refractivity contribution in [2.45, 2.75) is 52.7 Å². The van der Waals surface area contributed by atoms with E-state index in [4.69, 9.17) is 9.57 Å². The minimum Gasteiger partial charge on any atom is -0.493 e. The van der Waals surface area contributed by atoms with E-state index < -0.39 is 6.61 Å². The van der Waals surface area contributed by atoms with Gasteiger partial charge in [0, 0.05) is 18.2 Å². The molecule has 6 nitrogen and oxygen atoms in total. The average molecular weight is 410 g/mol. The Morgan fingerprint density at radius 2 is 2.07 bits per heavy atom. The maximum Gasteiger partial charge on any atom is 0.387 e. The molecule has 0 spiro atoms. The lowest BCUT2D eigenvalue weighted by Crippen LogP contribution is -2.39. The molecule has 1 aliphatic carbocycles. The summed E-state index contributed by atoms with van der Waals surface area (Å²) in [5.74, 6) is 0.0321. The van der Waals surface area contributed by atoms with Gasteiger partial charge in [-0.2, -0.15) is 8.78 Å². The molecule has 0 radical (unpaired) electrons. The van der Waals surface area contributed by atoms with Crippen LogP contribution in [0.4, 0.5) is 8.78 Å². The summed E-state index contributed by atoms with van der Waals surface area (Å²) in [6.07, 6.45) is 4.56. The van der Waals surface area contributed by atoms with Gasteiger partial charge in [0.25, 0.3) is 5.91 Å². The first-order valence-corrected chi connectivity index (χ1v) is 9.68. The number of fused-ring (bicyclic) bond motifs is 2. The number of carbonyl (C=O) groups is 1. The number of hydrogen-bond acceptors (Lipinski definition) is 5. The van der Waals surface area contributed by atoms with E-state index in [9.17, 15) is 13.6 Å². The Balaban J connectivity index is 1.55. The highest BCUT2D eigenvalue weighted by atomic mass is 19.3. The van der Waals surface area contributed by atoms with Gasteiger partial charge >= 0.3 is 6.61 Å². The fourth-order valence-electron chi connectivity index (χ4n) is 4.98. The number of amides is 1. The average Bonchev–Trinajstić information content (AvgIpc) is 2.88. The summed E-state index contributed by atoms with van der Waals surface area (Å²) in [6.45, 7) is 4.47. The molecule has 0 N–H and O–H groups in total. The molecule has 2 bridgehead atoms. The van der Waals surface area contributed by atoms with Crippen molar-refractivity contribution in [3.8, 4) is 11.5 Å². The van der Waals surface area contributed by atoms with Crippen molar-refractivity contribution in [2.75, 3.05) is 20.3 Å². The molecule has 1 saturated carbocycles. The van der Waals surface area contributed by atoms with Crippen molar-refractivity contribution >= 4 is 12.1 Å². The number of benzene rings is 1. The summed E-state index contributed by atoms with van der Waals surface area (Å²) >= 11 is 0. The minimum atomic E-state index is -2.93. The van der Waals surface area contributed by atoms with E-state index in [0.717, 1.165) is 25.8 Å². The number of nitrogens with zero attached hydrogens (tertiary/aromatic N) is 2. The quantitative estimate of drug-likeness (QED) is 0.502. The molecule has 1 saturated heterocycles. The fraction of sp³-hybridized carbons (Fsp3) is 0.619. The van der Waals surface area contributed by atoms with Crippen LogP contribution in [0.15, 0.2) is 23.4 Å². The topological polar surface area (TPSA) is 60.4 Å². The molecule has 2 atom stereocenters. The molecule has 2 aliphatic rings. The molecule has 2 fully saturated rings. The van der Waals surface area contributed by atoms with Gasteiger partial charge < -0.3 is 19.2 Å². The summed E-state index contributed by atoms with van der Waals surface area (Å²) in [4.78, 5) is 19.8. The van der Waals surface area contributed by atoms with Crippen LogP contribution < -0.4 is 9.47 Å². The Morgan fingerprint density at radius 1 is 1.31 bits per heavy atom. The predicted molar refractivity (Wildman–Crippen MR) is 104 cm³/mol. The van der Waals surface area contributed by atoms with Gasteiger partial charge in [0.2, 0.25) is 0 Å². The smallest absolute Gasteiger partial charge is 0.387 e. The van der Waals surface area contributed by atoms with Crippen LogP contribution >= 0.6 is 0 Å². The van der Waals surface area contributed by atoms with Gasteiger partial charge in [0.1, 0.15) is 0 Å². The van der Waals surface area contributed by atoms with Gasteiger partial charge in [-0.05, 0) is 48.3 Å². The molecule has 3 rings (SSSR count). The van der Waals surface area contributed by atoms with Crippen LogP contribution in [0.3, 0.4) is 0 Å². The molecule has 1 aliphatic heterocycles. The molecule has 1 amide bonds. The first kappa shape index (κ1) is 21.3. The Morgan fingerprint density at radius 3 is 2.76 bits per heavy atom. The van der Waals surface area contributed by atoms with Crippen molar-refractivity contribution < 1.29 is 27.9 Å². The Hall–Kier alpha value is -2.38. The van der Waals surface area contributed by atoms with Crippen LogP contribution in [0.5, 0.6) is 11.5 Å². The Labute approximate surface area is 169 Å². The van der Waals surface area contributed by atoms with Gasteiger partial charge in [-0.25, -0.2) is 0 Å². The van der Waals surface area contributed by atoms with Crippen LogP contribution in [0, 0.1) is 10.8 Å². The molecule has 29 heavy (non-hydrogen) atoms. The zero-order chi connectivity index (χ0) is 21.2. The van der Waals surface area contributed by atoms with E-state index in [-0.39, 0.29) is 40.9 Å².